The van der Waals surface area contributed by atoms with Crippen LogP contribution in [0.15, 0.2) is 18.2 Å². The second kappa shape index (κ2) is 7.21. The number of halogens is 2. The van der Waals surface area contributed by atoms with Crippen molar-refractivity contribution in [3.8, 4) is 0 Å². The molecule has 1 rings (SSSR count). The number of carbonyl (C=O) groups is 1. The van der Waals surface area contributed by atoms with Crippen LogP contribution in [-0.2, 0) is 0 Å². The number of carbonyl (C=O) groups excluding carboxylic acids is 1. The molecule has 0 aliphatic rings. The average molecular weight is 366 g/mol. The van der Waals surface area contributed by atoms with Crippen molar-refractivity contribution in [2.45, 2.75) is 32.1 Å². The molecule has 94 valence electrons. The highest BCUT2D eigenvalue weighted by molar-refractivity contribution is 14.1. The molecule has 1 amide bonds. The minimum atomic E-state index is -0.0418. The lowest BCUT2D eigenvalue weighted by Gasteiger charge is -2.11. The van der Waals surface area contributed by atoms with Crippen molar-refractivity contribution in [2.24, 2.45) is 0 Å². The zero-order valence-electron chi connectivity index (χ0n) is 10.1. The van der Waals surface area contributed by atoms with Gasteiger partial charge >= 0.3 is 0 Å². The number of benzene rings is 1. The van der Waals surface area contributed by atoms with E-state index in [4.69, 9.17) is 11.6 Å². The Bertz CT molecular complexity index is 395. The van der Waals surface area contributed by atoms with Crippen molar-refractivity contribution in [2.75, 3.05) is 6.54 Å². The van der Waals surface area contributed by atoms with E-state index in [-0.39, 0.29) is 11.3 Å². The lowest BCUT2D eigenvalue weighted by Crippen LogP contribution is -2.30. The fourth-order valence-corrected chi connectivity index (χ4v) is 2.44. The van der Waals surface area contributed by atoms with E-state index in [0.29, 0.717) is 6.54 Å². The van der Waals surface area contributed by atoms with Gasteiger partial charge < -0.3 is 5.32 Å². The van der Waals surface area contributed by atoms with Crippen molar-refractivity contribution >= 4 is 40.1 Å². The Morgan fingerprint density at radius 1 is 1.53 bits per heavy atom. The SMILES string of the molecule is CCCC(Cl)CNC(=O)c1cccc(C)c1I. The summed E-state index contributed by atoms with van der Waals surface area (Å²) < 4.78 is 1.00. The Morgan fingerprint density at radius 2 is 2.24 bits per heavy atom. The third kappa shape index (κ3) is 4.47. The lowest BCUT2D eigenvalue weighted by molar-refractivity contribution is 0.0952. The Kier molecular flexibility index (Phi) is 6.27. The van der Waals surface area contributed by atoms with E-state index >= 15 is 0 Å². The lowest BCUT2D eigenvalue weighted by atomic mass is 10.1. The molecule has 1 unspecified atom stereocenters. The van der Waals surface area contributed by atoms with Crippen molar-refractivity contribution in [3.05, 3.63) is 32.9 Å². The molecule has 0 aliphatic carbocycles. The molecule has 0 bridgehead atoms. The first-order valence-corrected chi connectivity index (χ1v) is 7.25. The molecule has 0 saturated carbocycles. The van der Waals surface area contributed by atoms with Crippen molar-refractivity contribution in [1.29, 1.82) is 0 Å². The minimum Gasteiger partial charge on any atom is -0.351 e. The third-order valence-corrected chi connectivity index (χ3v) is 4.33. The number of aryl methyl sites for hydroxylation is 1. The number of hydrogen-bond acceptors (Lipinski definition) is 1. The monoisotopic (exact) mass is 365 g/mol. The number of rotatable bonds is 5. The Hall–Kier alpha value is -0.290. The van der Waals surface area contributed by atoms with Crippen LogP contribution in [0, 0.1) is 10.5 Å². The summed E-state index contributed by atoms with van der Waals surface area (Å²) >= 11 is 8.27. The molecule has 1 N–H and O–H groups in total. The molecule has 17 heavy (non-hydrogen) atoms. The quantitative estimate of drug-likeness (QED) is 0.625. The zero-order chi connectivity index (χ0) is 12.8. The average Bonchev–Trinajstić information content (AvgIpc) is 2.30. The van der Waals surface area contributed by atoms with Crippen LogP contribution in [0.2, 0.25) is 0 Å². The molecule has 0 aliphatic heterocycles. The normalized spacial score (nSPS) is 12.2. The highest BCUT2D eigenvalue weighted by Gasteiger charge is 2.12. The van der Waals surface area contributed by atoms with Gasteiger partial charge in [-0.2, -0.15) is 0 Å². The smallest absolute Gasteiger partial charge is 0.252 e. The molecule has 0 radical (unpaired) electrons. The van der Waals surface area contributed by atoms with Gasteiger partial charge in [0.05, 0.1) is 10.9 Å². The van der Waals surface area contributed by atoms with E-state index in [2.05, 4.69) is 34.8 Å². The van der Waals surface area contributed by atoms with Crippen LogP contribution >= 0.6 is 34.2 Å². The second-order valence-electron chi connectivity index (χ2n) is 4.03. The van der Waals surface area contributed by atoms with Crippen LogP contribution in [0.5, 0.6) is 0 Å². The van der Waals surface area contributed by atoms with Gasteiger partial charge in [0.1, 0.15) is 0 Å². The fourth-order valence-electron chi connectivity index (χ4n) is 1.54. The Balaban J connectivity index is 2.61. The summed E-state index contributed by atoms with van der Waals surface area (Å²) in [5.74, 6) is -0.0418. The Labute approximate surface area is 121 Å². The van der Waals surface area contributed by atoms with Crippen molar-refractivity contribution < 1.29 is 4.79 Å². The van der Waals surface area contributed by atoms with Crippen LogP contribution in [0.3, 0.4) is 0 Å². The molecule has 0 fully saturated rings. The first-order chi connectivity index (χ1) is 8.06. The molecule has 4 heteroatoms. The van der Waals surface area contributed by atoms with E-state index in [1.165, 1.54) is 0 Å². The summed E-state index contributed by atoms with van der Waals surface area (Å²) in [5.41, 5.74) is 1.85. The summed E-state index contributed by atoms with van der Waals surface area (Å²) in [7, 11) is 0. The van der Waals surface area contributed by atoms with Gasteiger partial charge in [-0.1, -0.05) is 25.5 Å². The van der Waals surface area contributed by atoms with Crippen LogP contribution < -0.4 is 5.32 Å². The van der Waals surface area contributed by atoms with Crippen LogP contribution in [0.4, 0.5) is 0 Å². The van der Waals surface area contributed by atoms with Gasteiger partial charge in [-0.15, -0.1) is 11.6 Å². The first-order valence-electron chi connectivity index (χ1n) is 5.73. The number of amides is 1. The van der Waals surface area contributed by atoms with Gasteiger partial charge in [-0.3, -0.25) is 4.79 Å². The molecule has 0 spiro atoms. The van der Waals surface area contributed by atoms with E-state index in [1.807, 2.05) is 25.1 Å². The molecule has 2 nitrogen and oxygen atoms in total. The van der Waals surface area contributed by atoms with Gasteiger partial charge in [-0.25, -0.2) is 0 Å². The van der Waals surface area contributed by atoms with Gasteiger partial charge in [0.2, 0.25) is 0 Å². The molecular weight excluding hydrogens is 349 g/mol. The van der Waals surface area contributed by atoms with Gasteiger partial charge in [-0.05, 0) is 47.6 Å². The fraction of sp³-hybridized carbons (Fsp3) is 0.462. The molecule has 0 saturated heterocycles. The number of alkyl halides is 1. The van der Waals surface area contributed by atoms with E-state index < -0.39 is 0 Å². The molecule has 1 aromatic rings. The maximum absolute atomic E-state index is 12.0. The standard InChI is InChI=1S/C13H17ClINO/c1-3-5-10(14)8-16-13(17)11-7-4-6-9(2)12(11)15/h4,6-7,10H,3,5,8H2,1-2H3,(H,16,17). The predicted octanol–water partition coefficient (Wildman–Crippen LogP) is 3.74. The maximum atomic E-state index is 12.0. The molecule has 1 atom stereocenters. The Morgan fingerprint density at radius 3 is 2.88 bits per heavy atom. The summed E-state index contributed by atoms with van der Waals surface area (Å²) in [4.78, 5) is 12.0. The zero-order valence-corrected chi connectivity index (χ0v) is 13.0. The third-order valence-electron chi connectivity index (χ3n) is 2.52. The highest BCUT2D eigenvalue weighted by atomic mass is 127. The summed E-state index contributed by atoms with van der Waals surface area (Å²) in [6.45, 7) is 4.61. The molecule has 0 heterocycles. The van der Waals surface area contributed by atoms with Crippen LogP contribution in [0.1, 0.15) is 35.7 Å². The second-order valence-corrected chi connectivity index (χ2v) is 5.73. The van der Waals surface area contributed by atoms with E-state index in [0.717, 1.165) is 27.5 Å². The predicted molar refractivity (Wildman–Crippen MR) is 80.8 cm³/mol. The van der Waals surface area contributed by atoms with E-state index in [1.54, 1.807) is 0 Å². The van der Waals surface area contributed by atoms with Gasteiger partial charge in [0.25, 0.3) is 5.91 Å². The van der Waals surface area contributed by atoms with Crippen molar-refractivity contribution in [1.82, 2.24) is 5.32 Å². The van der Waals surface area contributed by atoms with Crippen LogP contribution in [0.25, 0.3) is 0 Å². The number of hydrogen-bond donors (Lipinski definition) is 1. The summed E-state index contributed by atoms with van der Waals surface area (Å²) in [6, 6.07) is 5.74. The van der Waals surface area contributed by atoms with Crippen molar-refractivity contribution in [3.63, 3.8) is 0 Å². The minimum absolute atomic E-state index is 0.0198. The summed E-state index contributed by atoms with van der Waals surface area (Å²) in [6.07, 6.45) is 1.96. The van der Waals surface area contributed by atoms with Crippen LogP contribution in [-0.4, -0.2) is 17.8 Å². The van der Waals surface area contributed by atoms with Gasteiger partial charge in [0, 0.05) is 10.1 Å². The molecule has 1 aromatic carbocycles. The first kappa shape index (κ1) is 14.8. The highest BCUT2D eigenvalue weighted by Crippen LogP contribution is 2.16. The van der Waals surface area contributed by atoms with E-state index in [9.17, 15) is 4.79 Å². The number of nitrogens with one attached hydrogen (secondary N) is 1. The summed E-state index contributed by atoms with van der Waals surface area (Å²) in [5, 5.41) is 2.90. The molecule has 0 aromatic heterocycles. The molecular formula is C13H17ClINO. The maximum Gasteiger partial charge on any atom is 0.252 e. The largest absolute Gasteiger partial charge is 0.351 e. The topological polar surface area (TPSA) is 29.1 Å². The van der Waals surface area contributed by atoms with Gasteiger partial charge in [0.15, 0.2) is 0 Å².